The van der Waals surface area contributed by atoms with E-state index in [0.717, 1.165) is 22.2 Å². The van der Waals surface area contributed by atoms with Crippen LogP contribution in [0.1, 0.15) is 20.8 Å². The van der Waals surface area contributed by atoms with E-state index < -0.39 is 5.41 Å². The van der Waals surface area contributed by atoms with Gasteiger partial charge in [-0.05, 0) is 24.3 Å². The molecule has 5 heteroatoms. The van der Waals surface area contributed by atoms with Crippen LogP contribution >= 0.6 is 0 Å². The molecule has 1 heterocycles. The first-order valence-corrected chi connectivity index (χ1v) is 10.2. The molecule has 0 aliphatic heterocycles. The van der Waals surface area contributed by atoms with Gasteiger partial charge in [0.2, 0.25) is 5.91 Å². The van der Waals surface area contributed by atoms with E-state index in [-0.39, 0.29) is 11.3 Å². The van der Waals surface area contributed by atoms with Crippen LogP contribution in [-0.2, 0) is 11.8 Å². The van der Waals surface area contributed by atoms with E-state index in [2.05, 4.69) is 5.32 Å². The van der Waals surface area contributed by atoms with E-state index in [9.17, 15) is 9.59 Å². The first kappa shape index (κ1) is 20.7. The van der Waals surface area contributed by atoms with Gasteiger partial charge in [-0.2, -0.15) is 0 Å². The third-order valence-electron chi connectivity index (χ3n) is 5.57. The second kappa shape index (κ2) is 7.58. The molecule has 0 radical (unpaired) electrons. The predicted molar refractivity (Wildman–Crippen MR) is 127 cm³/mol. The quantitative estimate of drug-likeness (QED) is 0.460. The maximum Gasteiger partial charge on any atom is 0.229 e. The zero-order valence-corrected chi connectivity index (χ0v) is 18.4. The van der Waals surface area contributed by atoms with Crippen molar-refractivity contribution in [3.8, 4) is 16.9 Å². The summed E-state index contributed by atoms with van der Waals surface area (Å²) in [7, 11) is 3.55. The number of pyridine rings is 1. The minimum atomic E-state index is -0.546. The molecule has 1 aromatic heterocycles. The number of methoxy groups -OCH3 is 1. The van der Waals surface area contributed by atoms with Gasteiger partial charge in [-0.3, -0.25) is 9.59 Å². The number of aromatic nitrogens is 1. The average Bonchev–Trinajstić information content (AvgIpc) is 2.76. The highest BCUT2D eigenvalue weighted by Gasteiger charge is 2.23. The number of anilines is 1. The lowest BCUT2D eigenvalue weighted by Crippen LogP contribution is -2.27. The molecule has 0 atom stereocenters. The number of amides is 1. The Balaban J connectivity index is 2.08. The van der Waals surface area contributed by atoms with Crippen molar-refractivity contribution in [2.45, 2.75) is 20.8 Å². The Morgan fingerprint density at radius 2 is 1.61 bits per heavy atom. The summed E-state index contributed by atoms with van der Waals surface area (Å²) in [6, 6.07) is 18.9. The van der Waals surface area contributed by atoms with Gasteiger partial charge in [0, 0.05) is 40.7 Å². The van der Waals surface area contributed by atoms with Crippen LogP contribution in [0.4, 0.5) is 5.69 Å². The highest BCUT2D eigenvalue weighted by atomic mass is 16.5. The smallest absolute Gasteiger partial charge is 0.229 e. The number of aryl methyl sites for hydroxylation is 1. The molecule has 0 aliphatic rings. The lowest BCUT2D eigenvalue weighted by atomic mass is 9.94. The molecule has 0 aliphatic carbocycles. The molecular weight excluding hydrogens is 388 g/mol. The van der Waals surface area contributed by atoms with Gasteiger partial charge in [-0.25, -0.2) is 0 Å². The van der Waals surface area contributed by atoms with Crippen molar-refractivity contribution in [1.29, 1.82) is 0 Å². The molecule has 0 saturated heterocycles. The second-order valence-electron chi connectivity index (χ2n) is 8.72. The summed E-state index contributed by atoms with van der Waals surface area (Å²) >= 11 is 0. The Hall–Kier alpha value is -3.60. The van der Waals surface area contributed by atoms with E-state index in [4.69, 9.17) is 4.74 Å². The molecule has 1 N–H and O–H groups in total. The zero-order chi connectivity index (χ0) is 22.3. The molecule has 0 spiro atoms. The topological polar surface area (TPSA) is 60.3 Å². The Kier molecular flexibility index (Phi) is 5.05. The maximum absolute atomic E-state index is 13.6. The molecular formula is C26H26N2O3. The van der Waals surface area contributed by atoms with Crippen LogP contribution in [0.2, 0.25) is 0 Å². The molecule has 0 fully saturated rings. The number of hydrogen-bond donors (Lipinski definition) is 1. The Morgan fingerprint density at radius 1 is 0.935 bits per heavy atom. The van der Waals surface area contributed by atoms with Gasteiger partial charge in [-0.1, -0.05) is 51.1 Å². The summed E-state index contributed by atoms with van der Waals surface area (Å²) in [6.07, 6.45) is 0. The predicted octanol–water partition coefficient (Wildman–Crippen LogP) is 5.35. The number of carbonyl (C=O) groups excluding carboxylic acids is 1. The SMILES string of the molecule is COc1cc(-c2ccccc2NC(=O)C(C)(C)C)c2c(=O)c3ccccc3n(C)c2c1. The van der Waals surface area contributed by atoms with Crippen molar-refractivity contribution in [3.63, 3.8) is 0 Å². The maximum atomic E-state index is 13.6. The molecule has 0 saturated carbocycles. The number of benzene rings is 3. The molecule has 5 nitrogen and oxygen atoms in total. The molecule has 4 aromatic rings. The number of rotatable bonds is 3. The first-order valence-electron chi connectivity index (χ1n) is 10.2. The lowest BCUT2D eigenvalue weighted by Gasteiger charge is -2.21. The van der Waals surface area contributed by atoms with Crippen LogP contribution in [0.3, 0.4) is 0 Å². The number of para-hydroxylation sites is 2. The summed E-state index contributed by atoms with van der Waals surface area (Å²) in [5.74, 6) is 0.551. The van der Waals surface area contributed by atoms with Crippen LogP contribution in [0.5, 0.6) is 5.75 Å². The summed E-state index contributed by atoms with van der Waals surface area (Å²) in [5.41, 5.74) is 3.20. The van der Waals surface area contributed by atoms with Crippen molar-refractivity contribution in [2.24, 2.45) is 12.5 Å². The Labute approximate surface area is 181 Å². The second-order valence-corrected chi connectivity index (χ2v) is 8.72. The number of carbonyl (C=O) groups is 1. The van der Waals surface area contributed by atoms with Crippen LogP contribution in [0.15, 0.2) is 65.5 Å². The molecule has 158 valence electrons. The minimum Gasteiger partial charge on any atom is -0.497 e. The summed E-state index contributed by atoms with van der Waals surface area (Å²) < 4.78 is 7.57. The van der Waals surface area contributed by atoms with Crippen molar-refractivity contribution < 1.29 is 9.53 Å². The van der Waals surface area contributed by atoms with Gasteiger partial charge in [0.05, 0.1) is 23.5 Å². The number of nitrogens with zero attached hydrogens (tertiary/aromatic N) is 1. The average molecular weight is 415 g/mol. The van der Waals surface area contributed by atoms with Gasteiger partial charge in [0.15, 0.2) is 5.43 Å². The van der Waals surface area contributed by atoms with Gasteiger partial charge < -0.3 is 14.6 Å². The third kappa shape index (κ3) is 3.56. The van der Waals surface area contributed by atoms with Crippen molar-refractivity contribution >= 4 is 33.4 Å². The molecule has 0 bridgehead atoms. The van der Waals surface area contributed by atoms with E-state index in [1.165, 1.54) is 0 Å². The molecule has 3 aromatic carbocycles. The molecule has 1 amide bonds. The summed E-state index contributed by atoms with van der Waals surface area (Å²) in [4.78, 5) is 26.3. The molecule has 0 unspecified atom stereocenters. The minimum absolute atomic E-state index is 0.0432. The van der Waals surface area contributed by atoms with Gasteiger partial charge >= 0.3 is 0 Å². The molecule has 31 heavy (non-hydrogen) atoms. The molecule has 4 rings (SSSR count). The normalized spacial score (nSPS) is 11.6. The van der Waals surface area contributed by atoms with Crippen molar-refractivity contribution in [1.82, 2.24) is 4.57 Å². The van der Waals surface area contributed by atoms with Gasteiger partial charge in [-0.15, -0.1) is 0 Å². The number of fused-ring (bicyclic) bond motifs is 2. The number of hydrogen-bond acceptors (Lipinski definition) is 3. The number of nitrogens with one attached hydrogen (secondary N) is 1. The summed E-state index contributed by atoms with van der Waals surface area (Å²) in [5, 5.41) is 4.28. The highest BCUT2D eigenvalue weighted by molar-refractivity contribution is 6.06. The lowest BCUT2D eigenvalue weighted by molar-refractivity contribution is -0.123. The first-order chi connectivity index (χ1) is 14.7. The van der Waals surface area contributed by atoms with Gasteiger partial charge in [0.1, 0.15) is 5.75 Å². The largest absolute Gasteiger partial charge is 0.497 e. The Morgan fingerprint density at radius 3 is 2.32 bits per heavy atom. The van der Waals surface area contributed by atoms with Gasteiger partial charge in [0.25, 0.3) is 0 Å². The van der Waals surface area contributed by atoms with Crippen molar-refractivity contribution in [2.75, 3.05) is 12.4 Å². The monoisotopic (exact) mass is 414 g/mol. The fourth-order valence-electron chi connectivity index (χ4n) is 3.79. The van der Waals surface area contributed by atoms with Crippen LogP contribution in [0, 0.1) is 5.41 Å². The Bertz CT molecular complexity index is 1380. The van der Waals surface area contributed by atoms with E-state index in [1.54, 1.807) is 7.11 Å². The third-order valence-corrected chi connectivity index (χ3v) is 5.57. The fraction of sp³-hybridized carbons (Fsp3) is 0.231. The van der Waals surface area contributed by atoms with E-state index in [0.29, 0.717) is 22.2 Å². The highest BCUT2D eigenvalue weighted by Crippen LogP contribution is 2.37. The van der Waals surface area contributed by atoms with Crippen LogP contribution < -0.4 is 15.5 Å². The zero-order valence-electron chi connectivity index (χ0n) is 18.4. The van der Waals surface area contributed by atoms with Crippen molar-refractivity contribution in [3.05, 3.63) is 70.9 Å². The number of ether oxygens (including phenoxy) is 1. The standard InChI is InChI=1S/C26H26N2O3/c1-26(2,3)25(30)27-20-12-8-6-10-17(20)19-14-16(31-5)15-22-23(19)24(29)18-11-7-9-13-21(18)28(22)4/h6-15H,1-5H3,(H,27,30). The van der Waals surface area contributed by atoms with E-state index >= 15 is 0 Å². The van der Waals surface area contributed by atoms with E-state index in [1.807, 2.05) is 93.0 Å². The summed E-state index contributed by atoms with van der Waals surface area (Å²) in [6.45, 7) is 5.61. The van der Waals surface area contributed by atoms with Crippen LogP contribution in [0.25, 0.3) is 32.9 Å². The van der Waals surface area contributed by atoms with Crippen LogP contribution in [-0.4, -0.2) is 17.6 Å². The fourth-order valence-corrected chi connectivity index (χ4v) is 3.79.